The summed E-state index contributed by atoms with van der Waals surface area (Å²) in [6.07, 6.45) is 3.00. The van der Waals surface area contributed by atoms with Crippen molar-refractivity contribution >= 4 is 55.0 Å². The van der Waals surface area contributed by atoms with Gasteiger partial charge in [-0.1, -0.05) is 44.2 Å². The number of thioether (sulfide) groups is 1. The molecule has 0 spiro atoms. The predicted molar refractivity (Wildman–Crippen MR) is 147 cm³/mol. The van der Waals surface area contributed by atoms with Gasteiger partial charge in [-0.25, -0.2) is 22.9 Å². The van der Waals surface area contributed by atoms with Crippen LogP contribution in [0.4, 0.5) is 0 Å². The molecule has 0 aliphatic rings. The highest BCUT2D eigenvalue weighted by Crippen LogP contribution is 2.37. The molecule has 12 heteroatoms. The maximum Gasteiger partial charge on any atom is 0.360 e. The Morgan fingerprint density at radius 2 is 1.94 bits per heavy atom. The molecule has 0 fully saturated rings. The summed E-state index contributed by atoms with van der Waals surface area (Å²) in [5.41, 5.74) is 3.12. The number of esters is 1. The number of nitrogens with zero attached hydrogens (tertiary/aromatic N) is 4. The number of sulfone groups is 1. The van der Waals surface area contributed by atoms with Crippen LogP contribution in [-0.2, 0) is 14.6 Å². The number of para-hydroxylation sites is 1. The van der Waals surface area contributed by atoms with Gasteiger partial charge in [-0.05, 0) is 63.4 Å². The third-order valence-corrected chi connectivity index (χ3v) is 8.20. The summed E-state index contributed by atoms with van der Waals surface area (Å²) < 4.78 is 36.0. The molecule has 8 nitrogen and oxygen atoms in total. The Labute approximate surface area is 226 Å². The number of carbonyl (C=O) groups is 1. The number of hydrogen-bond acceptors (Lipinski definition) is 9. The highest BCUT2D eigenvalue weighted by Gasteiger charge is 2.28. The summed E-state index contributed by atoms with van der Waals surface area (Å²) in [5.74, 6) is 0.232. The molecule has 188 valence electrons. The Kier molecular flexibility index (Phi) is 7.98. The van der Waals surface area contributed by atoms with Gasteiger partial charge < -0.3 is 4.74 Å². The average molecular weight is 608 g/mol. The van der Waals surface area contributed by atoms with Crippen molar-refractivity contribution in [2.75, 3.05) is 18.5 Å². The van der Waals surface area contributed by atoms with E-state index in [9.17, 15) is 13.2 Å². The maximum atomic E-state index is 12.8. The maximum absolute atomic E-state index is 12.8. The molecule has 2 aromatic heterocycles. The van der Waals surface area contributed by atoms with E-state index in [1.807, 2.05) is 30.5 Å². The Hall–Kier alpha value is -2.54. The highest BCUT2D eigenvalue weighted by molar-refractivity contribution is 9.10. The Bertz CT molecular complexity index is 1530. The van der Waals surface area contributed by atoms with Gasteiger partial charge in [-0.15, -0.1) is 11.8 Å². The molecule has 36 heavy (non-hydrogen) atoms. The van der Waals surface area contributed by atoms with Crippen LogP contribution in [0.2, 0.25) is 0 Å². The second-order valence-electron chi connectivity index (χ2n) is 8.20. The van der Waals surface area contributed by atoms with E-state index in [2.05, 4.69) is 39.2 Å². The van der Waals surface area contributed by atoms with Crippen LogP contribution in [0.5, 0.6) is 0 Å². The van der Waals surface area contributed by atoms with Crippen molar-refractivity contribution in [2.24, 2.45) is 0 Å². The molecule has 4 rings (SSSR count). The van der Waals surface area contributed by atoms with Crippen molar-refractivity contribution in [3.8, 4) is 27.8 Å². The van der Waals surface area contributed by atoms with E-state index >= 15 is 0 Å². The molecule has 0 atom stereocenters. The van der Waals surface area contributed by atoms with E-state index in [4.69, 9.17) is 9.72 Å². The quantitative estimate of drug-likeness (QED) is 0.182. The molecule has 0 aliphatic carbocycles. The molecule has 2 heterocycles. The lowest BCUT2D eigenvalue weighted by Gasteiger charge is -2.14. The number of carbonyl (C=O) groups excluding carboxylic acids is 1. The lowest BCUT2D eigenvalue weighted by atomic mass is 10.0. The van der Waals surface area contributed by atoms with E-state index in [1.54, 1.807) is 22.9 Å². The standard InChI is InChI=1S/C24H23BrN4O4S3/c1-14(2)17-10-5-6-11-18(17)29-21(19(25)20(27-29)24(30)33-13-34-3)23-26-22(28-35-23)15-8-7-9-16(12-15)36(4,31)32/h5-12,14H,13H2,1-4H3. The van der Waals surface area contributed by atoms with Crippen LogP contribution in [0.3, 0.4) is 0 Å². The normalized spacial score (nSPS) is 11.7. The minimum Gasteiger partial charge on any atom is -0.450 e. The molecule has 0 aliphatic heterocycles. The molecule has 0 radical (unpaired) electrons. The molecule has 4 aromatic rings. The van der Waals surface area contributed by atoms with Gasteiger partial charge in [0.25, 0.3) is 0 Å². The molecule has 0 saturated carbocycles. The number of aromatic nitrogens is 4. The largest absolute Gasteiger partial charge is 0.450 e. The van der Waals surface area contributed by atoms with E-state index in [1.165, 1.54) is 17.8 Å². The Morgan fingerprint density at radius 1 is 1.19 bits per heavy atom. The minimum atomic E-state index is -3.38. The summed E-state index contributed by atoms with van der Waals surface area (Å²) in [4.78, 5) is 17.7. The van der Waals surface area contributed by atoms with Gasteiger partial charge in [0.1, 0.15) is 11.6 Å². The van der Waals surface area contributed by atoms with Crippen LogP contribution in [0, 0.1) is 0 Å². The van der Waals surface area contributed by atoms with Gasteiger partial charge >= 0.3 is 5.97 Å². The highest BCUT2D eigenvalue weighted by atomic mass is 79.9. The van der Waals surface area contributed by atoms with Crippen molar-refractivity contribution in [3.05, 3.63) is 64.3 Å². The first-order valence-corrected chi connectivity index (χ1v) is 15.7. The summed E-state index contributed by atoms with van der Waals surface area (Å²) >= 11 is 6.08. The average Bonchev–Trinajstić information content (AvgIpc) is 3.46. The van der Waals surface area contributed by atoms with Gasteiger partial charge in [0, 0.05) is 11.8 Å². The summed E-state index contributed by atoms with van der Waals surface area (Å²) in [7, 11) is -3.38. The Balaban J connectivity index is 1.88. The second-order valence-corrected chi connectivity index (χ2v) is 12.6. The number of benzene rings is 2. The monoisotopic (exact) mass is 606 g/mol. The van der Waals surface area contributed by atoms with Gasteiger partial charge in [-0.2, -0.15) is 9.47 Å². The molecule has 0 bridgehead atoms. The first-order valence-electron chi connectivity index (χ1n) is 10.8. The molecule has 0 amide bonds. The third-order valence-electron chi connectivity index (χ3n) is 5.26. The van der Waals surface area contributed by atoms with E-state index in [-0.39, 0.29) is 22.4 Å². The van der Waals surface area contributed by atoms with Crippen LogP contribution in [0.25, 0.3) is 27.8 Å². The predicted octanol–water partition coefficient (Wildman–Crippen LogP) is 5.82. The first-order chi connectivity index (χ1) is 17.1. The lowest BCUT2D eigenvalue weighted by Crippen LogP contribution is -2.08. The summed E-state index contributed by atoms with van der Waals surface area (Å²) in [5, 5.41) is 5.14. The fourth-order valence-electron chi connectivity index (χ4n) is 3.54. The van der Waals surface area contributed by atoms with Crippen LogP contribution in [0.15, 0.2) is 57.9 Å². The van der Waals surface area contributed by atoms with Crippen LogP contribution >= 0.6 is 39.2 Å². The number of ether oxygens (including phenoxy) is 1. The van der Waals surface area contributed by atoms with Gasteiger partial charge in [0.2, 0.25) is 0 Å². The van der Waals surface area contributed by atoms with Crippen LogP contribution in [-0.4, -0.2) is 52.0 Å². The fraction of sp³-hybridized carbons (Fsp3) is 0.250. The zero-order valence-electron chi connectivity index (χ0n) is 19.9. The lowest BCUT2D eigenvalue weighted by molar-refractivity contribution is 0.0571. The van der Waals surface area contributed by atoms with Gasteiger partial charge in [0.15, 0.2) is 26.4 Å². The van der Waals surface area contributed by atoms with E-state index in [0.717, 1.165) is 29.0 Å². The zero-order chi connectivity index (χ0) is 26.0. The smallest absolute Gasteiger partial charge is 0.360 e. The SMILES string of the molecule is CSCOC(=O)c1nn(-c2ccccc2C(C)C)c(-c2nc(-c3cccc(S(C)(=O)=O)c3)ns2)c1Br. The molecular formula is C24H23BrN4O4S3. The topological polar surface area (TPSA) is 104 Å². The fourth-order valence-corrected chi connectivity index (χ4v) is 5.88. The zero-order valence-corrected chi connectivity index (χ0v) is 24.0. The number of hydrogen-bond donors (Lipinski definition) is 0. The van der Waals surface area contributed by atoms with Crippen molar-refractivity contribution in [2.45, 2.75) is 24.7 Å². The summed E-state index contributed by atoms with van der Waals surface area (Å²) in [6, 6.07) is 14.3. The summed E-state index contributed by atoms with van der Waals surface area (Å²) in [6.45, 7) is 4.17. The van der Waals surface area contributed by atoms with Gasteiger partial charge in [0.05, 0.1) is 15.1 Å². The van der Waals surface area contributed by atoms with Crippen LogP contribution < -0.4 is 0 Å². The molecule has 2 aromatic carbocycles. The van der Waals surface area contributed by atoms with Gasteiger partial charge in [-0.3, -0.25) is 0 Å². The molecule has 0 unspecified atom stereocenters. The van der Waals surface area contributed by atoms with Crippen LogP contribution in [0.1, 0.15) is 35.8 Å². The molecule has 0 saturated heterocycles. The van der Waals surface area contributed by atoms with Crippen molar-refractivity contribution < 1.29 is 17.9 Å². The minimum absolute atomic E-state index is 0.133. The first kappa shape index (κ1) is 26.5. The number of halogens is 1. The van der Waals surface area contributed by atoms with Crippen molar-refractivity contribution in [1.29, 1.82) is 0 Å². The Morgan fingerprint density at radius 3 is 2.64 bits per heavy atom. The van der Waals surface area contributed by atoms with E-state index < -0.39 is 15.8 Å². The second kappa shape index (κ2) is 10.8. The molecule has 0 N–H and O–H groups in total. The third kappa shape index (κ3) is 5.41. The van der Waals surface area contributed by atoms with E-state index in [0.29, 0.717) is 26.6 Å². The van der Waals surface area contributed by atoms with Crippen molar-refractivity contribution in [1.82, 2.24) is 19.1 Å². The number of rotatable bonds is 8. The van der Waals surface area contributed by atoms with Crippen molar-refractivity contribution in [3.63, 3.8) is 0 Å². The molecular weight excluding hydrogens is 584 g/mol.